The number of ether oxygens (including phenoxy) is 2. The van der Waals surface area contributed by atoms with Crippen LogP contribution in [-0.2, 0) is 14.3 Å². The van der Waals surface area contributed by atoms with Crippen LogP contribution < -0.4 is 5.01 Å². The minimum Gasteiger partial charge on any atom is -0.465 e. The van der Waals surface area contributed by atoms with E-state index < -0.39 is 18.0 Å². The summed E-state index contributed by atoms with van der Waals surface area (Å²) in [5.74, 6) is -1.39. The molecule has 0 fully saturated rings. The first-order valence-corrected chi connectivity index (χ1v) is 6.79. The highest BCUT2D eigenvalue weighted by Crippen LogP contribution is 2.31. The lowest BCUT2D eigenvalue weighted by atomic mass is 9.97. The third-order valence-electron chi connectivity index (χ3n) is 3.68. The second-order valence-electron chi connectivity index (χ2n) is 4.87. The van der Waals surface area contributed by atoms with E-state index in [-0.39, 0.29) is 18.2 Å². The van der Waals surface area contributed by atoms with Gasteiger partial charge in [0.25, 0.3) is 0 Å². The van der Waals surface area contributed by atoms with Crippen LogP contribution >= 0.6 is 0 Å². The number of nitrogens with zero attached hydrogens (tertiary/aromatic N) is 2. The first-order valence-electron chi connectivity index (χ1n) is 6.79. The Labute approximate surface area is 128 Å². The van der Waals surface area contributed by atoms with E-state index in [1.165, 1.54) is 19.2 Å². The van der Waals surface area contributed by atoms with Crippen LogP contribution in [-0.4, -0.2) is 49.6 Å². The van der Waals surface area contributed by atoms with E-state index in [1.54, 1.807) is 31.2 Å². The monoisotopic (exact) mass is 306 g/mol. The molecule has 1 aliphatic rings. The lowest BCUT2D eigenvalue weighted by Crippen LogP contribution is -2.37. The molecule has 1 aromatic carbocycles. The highest BCUT2D eigenvalue weighted by molar-refractivity contribution is 6.38. The molecule has 22 heavy (non-hydrogen) atoms. The van der Waals surface area contributed by atoms with Crippen molar-refractivity contribution in [3.63, 3.8) is 0 Å². The molecule has 7 nitrogen and oxygen atoms in total. The van der Waals surface area contributed by atoms with Gasteiger partial charge in [0.1, 0.15) is 0 Å². The highest BCUT2D eigenvalue weighted by atomic mass is 16.5. The molecule has 1 aliphatic heterocycles. The molecule has 0 spiro atoms. The minimum absolute atomic E-state index is 0.209. The van der Waals surface area contributed by atoms with Crippen LogP contribution in [0.5, 0.6) is 0 Å². The summed E-state index contributed by atoms with van der Waals surface area (Å²) in [4.78, 5) is 23.7. The summed E-state index contributed by atoms with van der Waals surface area (Å²) in [5.41, 5.74) is 0.992. The van der Waals surface area contributed by atoms with Crippen molar-refractivity contribution in [1.82, 2.24) is 0 Å². The normalized spacial score (nSPS) is 20.5. The molecular formula is C15H18N2O5. The molecule has 0 radical (unpaired) electrons. The van der Waals surface area contributed by atoms with Gasteiger partial charge in [0.2, 0.25) is 0 Å². The lowest BCUT2D eigenvalue weighted by Gasteiger charge is -2.25. The van der Waals surface area contributed by atoms with Gasteiger partial charge in [-0.1, -0.05) is 19.1 Å². The number of benzene rings is 1. The second-order valence-corrected chi connectivity index (χ2v) is 4.87. The topological polar surface area (TPSA) is 88.4 Å². The summed E-state index contributed by atoms with van der Waals surface area (Å²) in [5, 5.41) is 15.4. The summed E-state index contributed by atoms with van der Waals surface area (Å²) >= 11 is 0. The van der Waals surface area contributed by atoms with E-state index in [1.807, 2.05) is 0 Å². The fraction of sp³-hybridized carbons (Fsp3) is 0.400. The van der Waals surface area contributed by atoms with E-state index >= 15 is 0 Å². The van der Waals surface area contributed by atoms with Crippen molar-refractivity contribution in [2.45, 2.75) is 13.0 Å². The van der Waals surface area contributed by atoms with E-state index in [2.05, 4.69) is 5.10 Å². The summed E-state index contributed by atoms with van der Waals surface area (Å²) in [6.07, 6.45) is 0. The molecule has 2 atom stereocenters. The maximum absolute atomic E-state index is 11.9. The van der Waals surface area contributed by atoms with Crippen molar-refractivity contribution in [3.8, 4) is 0 Å². The van der Waals surface area contributed by atoms with Gasteiger partial charge in [-0.2, -0.15) is 5.10 Å². The van der Waals surface area contributed by atoms with Gasteiger partial charge in [-0.05, 0) is 12.1 Å². The van der Waals surface area contributed by atoms with Gasteiger partial charge in [-0.25, -0.2) is 9.59 Å². The molecule has 0 aromatic heterocycles. The molecule has 0 aliphatic carbocycles. The molecule has 0 bridgehead atoms. The van der Waals surface area contributed by atoms with E-state index in [4.69, 9.17) is 9.47 Å². The van der Waals surface area contributed by atoms with Gasteiger partial charge in [0, 0.05) is 5.92 Å². The predicted octanol–water partition coefficient (Wildman–Crippen LogP) is 0.819. The zero-order valence-corrected chi connectivity index (χ0v) is 12.6. The Morgan fingerprint density at radius 1 is 1.23 bits per heavy atom. The number of methoxy groups -OCH3 is 2. The third kappa shape index (κ3) is 2.67. The Morgan fingerprint density at radius 2 is 1.86 bits per heavy atom. The lowest BCUT2D eigenvalue weighted by molar-refractivity contribution is -0.133. The number of carbonyl (C=O) groups excluding carboxylic acids is 2. The van der Waals surface area contributed by atoms with Crippen LogP contribution in [0.2, 0.25) is 0 Å². The summed E-state index contributed by atoms with van der Waals surface area (Å²) in [7, 11) is 2.56. The number of rotatable bonds is 4. The number of aliphatic hydroxyl groups is 1. The average Bonchev–Trinajstić information content (AvgIpc) is 2.89. The predicted molar refractivity (Wildman–Crippen MR) is 79.7 cm³/mol. The van der Waals surface area contributed by atoms with Gasteiger partial charge in [-0.15, -0.1) is 0 Å². The van der Waals surface area contributed by atoms with E-state index in [0.29, 0.717) is 11.3 Å². The summed E-state index contributed by atoms with van der Waals surface area (Å²) in [6.45, 7) is 1.55. The number of aliphatic hydroxyl groups excluding tert-OH is 1. The van der Waals surface area contributed by atoms with Crippen molar-refractivity contribution in [2.75, 3.05) is 25.8 Å². The Morgan fingerprint density at radius 3 is 2.45 bits per heavy atom. The highest BCUT2D eigenvalue weighted by Gasteiger charge is 2.39. The van der Waals surface area contributed by atoms with Gasteiger partial charge >= 0.3 is 11.9 Å². The van der Waals surface area contributed by atoms with Crippen molar-refractivity contribution in [2.24, 2.45) is 11.0 Å². The quantitative estimate of drug-likeness (QED) is 0.829. The van der Waals surface area contributed by atoms with Crippen molar-refractivity contribution >= 4 is 23.3 Å². The molecule has 0 amide bonds. The van der Waals surface area contributed by atoms with Crippen LogP contribution in [0.4, 0.5) is 5.69 Å². The largest absolute Gasteiger partial charge is 0.465 e. The molecule has 1 heterocycles. The summed E-state index contributed by atoms with van der Waals surface area (Å²) < 4.78 is 9.47. The van der Waals surface area contributed by atoms with Gasteiger partial charge in [0.05, 0.1) is 38.1 Å². The number of hydrogen-bond acceptors (Lipinski definition) is 7. The summed E-state index contributed by atoms with van der Waals surface area (Å²) in [6, 6.07) is 6.28. The van der Waals surface area contributed by atoms with Gasteiger partial charge in [0.15, 0.2) is 5.71 Å². The number of esters is 2. The molecule has 118 valence electrons. The Hall–Kier alpha value is -2.41. The number of hydrogen-bond donors (Lipinski definition) is 1. The van der Waals surface area contributed by atoms with Crippen LogP contribution in [0, 0.1) is 5.92 Å². The Kier molecular flexibility index (Phi) is 4.77. The third-order valence-corrected chi connectivity index (χ3v) is 3.68. The Balaban J connectivity index is 2.49. The molecule has 1 aromatic rings. The average molecular weight is 306 g/mol. The van der Waals surface area contributed by atoms with Crippen molar-refractivity contribution < 1.29 is 24.2 Å². The number of para-hydroxylation sites is 1. The Bertz CT molecular complexity index is 614. The molecule has 0 unspecified atom stereocenters. The van der Waals surface area contributed by atoms with Crippen LogP contribution in [0.15, 0.2) is 29.4 Å². The van der Waals surface area contributed by atoms with E-state index in [0.717, 1.165) is 0 Å². The zero-order chi connectivity index (χ0) is 16.3. The SMILES string of the molecule is COC(=O)C1=NN(c2ccccc2C(=O)OC)[C@H](CO)[C@H]1C. The molecule has 0 saturated heterocycles. The first kappa shape index (κ1) is 16.0. The first-order chi connectivity index (χ1) is 10.5. The van der Waals surface area contributed by atoms with Crippen molar-refractivity contribution in [1.29, 1.82) is 0 Å². The maximum Gasteiger partial charge on any atom is 0.354 e. The number of hydrazone groups is 1. The smallest absolute Gasteiger partial charge is 0.354 e. The molecular weight excluding hydrogens is 288 g/mol. The van der Waals surface area contributed by atoms with Gasteiger partial charge in [-0.3, -0.25) is 5.01 Å². The molecule has 7 heteroatoms. The fourth-order valence-corrected chi connectivity index (χ4v) is 2.43. The zero-order valence-electron chi connectivity index (χ0n) is 12.6. The van der Waals surface area contributed by atoms with Crippen LogP contribution in [0.25, 0.3) is 0 Å². The molecule has 1 N–H and O–H groups in total. The van der Waals surface area contributed by atoms with Gasteiger partial charge < -0.3 is 14.6 Å². The number of anilines is 1. The molecule has 0 saturated carbocycles. The van der Waals surface area contributed by atoms with Crippen molar-refractivity contribution in [3.05, 3.63) is 29.8 Å². The van der Waals surface area contributed by atoms with Crippen LogP contribution in [0.1, 0.15) is 17.3 Å². The number of carbonyl (C=O) groups is 2. The second kappa shape index (κ2) is 6.57. The molecule has 2 rings (SSSR count). The van der Waals surface area contributed by atoms with Crippen LogP contribution in [0.3, 0.4) is 0 Å². The fourth-order valence-electron chi connectivity index (χ4n) is 2.43. The maximum atomic E-state index is 11.9. The standard InChI is InChI=1S/C15H18N2O5/c1-9-12(8-18)17(16-13(9)15(20)22-3)11-7-5-4-6-10(11)14(19)21-2/h4-7,9,12,18H,8H2,1-3H3/t9-,12-/m1/s1. The minimum atomic E-state index is -0.552. The van der Waals surface area contributed by atoms with E-state index in [9.17, 15) is 14.7 Å².